The predicted octanol–water partition coefficient (Wildman–Crippen LogP) is 3.11. The Balaban J connectivity index is 1.39. The van der Waals surface area contributed by atoms with Crippen molar-refractivity contribution in [2.75, 3.05) is 26.3 Å². The molecule has 0 saturated carbocycles. The number of carbonyl (C=O) groups excluding carboxylic acids is 1. The summed E-state index contributed by atoms with van der Waals surface area (Å²) in [4.78, 5) is 15.6. The van der Waals surface area contributed by atoms with Crippen LogP contribution in [0.3, 0.4) is 0 Å². The summed E-state index contributed by atoms with van der Waals surface area (Å²) in [5.74, 6) is 1.56. The van der Waals surface area contributed by atoms with Gasteiger partial charge in [0, 0.05) is 23.5 Å². The molecular formula is C19H21NO4S. The van der Waals surface area contributed by atoms with Gasteiger partial charge in [-0.25, -0.2) is 0 Å². The summed E-state index contributed by atoms with van der Waals surface area (Å²) in [7, 11) is 0. The number of thiophene rings is 1. The van der Waals surface area contributed by atoms with Crippen molar-refractivity contribution in [2.45, 2.75) is 18.9 Å². The van der Waals surface area contributed by atoms with Gasteiger partial charge < -0.3 is 19.5 Å². The number of nitrogens with zero attached hydrogens (tertiary/aromatic N) is 1. The van der Waals surface area contributed by atoms with E-state index in [2.05, 4.69) is 0 Å². The summed E-state index contributed by atoms with van der Waals surface area (Å²) >= 11 is 1.59. The number of benzene rings is 1. The highest BCUT2D eigenvalue weighted by Gasteiger charge is 2.29. The minimum atomic E-state index is -0.424. The zero-order valence-corrected chi connectivity index (χ0v) is 14.7. The number of hydrogen-bond acceptors (Lipinski definition) is 5. The van der Waals surface area contributed by atoms with Crippen LogP contribution in [0.25, 0.3) is 0 Å². The van der Waals surface area contributed by atoms with Crippen LogP contribution < -0.4 is 9.47 Å². The number of rotatable bonds is 3. The molecule has 1 N–H and O–H groups in total. The first kappa shape index (κ1) is 16.4. The van der Waals surface area contributed by atoms with Gasteiger partial charge >= 0.3 is 0 Å². The molecule has 6 heteroatoms. The summed E-state index contributed by atoms with van der Waals surface area (Å²) in [6.07, 6.45) is 1.21. The highest BCUT2D eigenvalue weighted by Crippen LogP contribution is 2.34. The Morgan fingerprint density at radius 1 is 1.16 bits per heavy atom. The monoisotopic (exact) mass is 359 g/mol. The van der Waals surface area contributed by atoms with Crippen LogP contribution in [0.5, 0.6) is 11.5 Å². The van der Waals surface area contributed by atoms with Gasteiger partial charge in [-0.1, -0.05) is 6.07 Å². The highest BCUT2D eigenvalue weighted by atomic mass is 32.1. The lowest BCUT2D eigenvalue weighted by molar-refractivity contribution is 0.0473. The largest absolute Gasteiger partial charge is 0.486 e. The molecule has 1 amide bonds. The summed E-state index contributed by atoms with van der Waals surface area (Å²) < 4.78 is 11.1. The van der Waals surface area contributed by atoms with Crippen molar-refractivity contribution in [3.8, 4) is 11.5 Å². The van der Waals surface area contributed by atoms with Crippen molar-refractivity contribution in [1.82, 2.24) is 4.90 Å². The van der Waals surface area contributed by atoms with E-state index in [1.807, 2.05) is 22.4 Å². The molecule has 132 valence electrons. The second kappa shape index (κ2) is 7.06. The van der Waals surface area contributed by atoms with Crippen molar-refractivity contribution in [1.29, 1.82) is 0 Å². The number of likely N-dealkylation sites (tertiary alicyclic amines) is 1. The third-order valence-corrected chi connectivity index (χ3v) is 5.84. The van der Waals surface area contributed by atoms with E-state index in [1.165, 1.54) is 0 Å². The summed E-state index contributed by atoms with van der Waals surface area (Å²) in [6.45, 7) is 2.39. The summed E-state index contributed by atoms with van der Waals surface area (Å²) in [6, 6.07) is 9.30. The first-order valence-corrected chi connectivity index (χ1v) is 9.51. The maximum Gasteiger partial charge on any atom is 0.253 e. The van der Waals surface area contributed by atoms with Crippen LogP contribution >= 0.6 is 11.3 Å². The lowest BCUT2D eigenvalue weighted by atomic mass is 9.90. The average Bonchev–Trinajstić information content (AvgIpc) is 3.21. The Bertz CT molecular complexity index is 738. The van der Waals surface area contributed by atoms with E-state index in [1.54, 1.807) is 29.5 Å². The number of carbonyl (C=O) groups is 1. The third kappa shape index (κ3) is 3.37. The molecule has 25 heavy (non-hydrogen) atoms. The van der Waals surface area contributed by atoms with Crippen molar-refractivity contribution in [3.05, 3.63) is 46.2 Å². The summed E-state index contributed by atoms with van der Waals surface area (Å²) in [5.41, 5.74) is 0.626. The minimum absolute atomic E-state index is 0.0148. The van der Waals surface area contributed by atoms with Gasteiger partial charge in [-0.3, -0.25) is 4.79 Å². The lowest BCUT2D eigenvalue weighted by Crippen LogP contribution is -2.39. The van der Waals surface area contributed by atoms with Crippen LogP contribution in [0.4, 0.5) is 0 Å². The molecule has 0 radical (unpaired) electrons. The molecule has 1 fully saturated rings. The highest BCUT2D eigenvalue weighted by molar-refractivity contribution is 7.10. The molecule has 2 aromatic rings. The fourth-order valence-electron chi connectivity index (χ4n) is 3.47. The fourth-order valence-corrected chi connectivity index (χ4v) is 4.27. The van der Waals surface area contributed by atoms with Gasteiger partial charge in [-0.2, -0.15) is 0 Å². The van der Waals surface area contributed by atoms with Crippen molar-refractivity contribution >= 4 is 17.2 Å². The van der Waals surface area contributed by atoms with Gasteiger partial charge in [0.15, 0.2) is 11.5 Å². The molecule has 4 rings (SSSR count). The Morgan fingerprint density at radius 3 is 2.64 bits per heavy atom. The van der Waals surface area contributed by atoms with Gasteiger partial charge in [0.2, 0.25) is 0 Å². The topological polar surface area (TPSA) is 59.0 Å². The zero-order valence-electron chi connectivity index (χ0n) is 13.9. The molecule has 1 atom stereocenters. The molecular weight excluding hydrogens is 338 g/mol. The molecule has 1 saturated heterocycles. The number of fused-ring (bicyclic) bond motifs is 1. The molecule has 2 aliphatic heterocycles. The van der Waals surface area contributed by atoms with Gasteiger partial charge in [0.25, 0.3) is 5.91 Å². The Labute approximate surface area is 150 Å². The van der Waals surface area contributed by atoms with Crippen molar-refractivity contribution < 1.29 is 19.4 Å². The molecule has 0 spiro atoms. The molecule has 0 aliphatic carbocycles. The van der Waals surface area contributed by atoms with E-state index in [9.17, 15) is 9.90 Å². The van der Waals surface area contributed by atoms with Gasteiger partial charge in [-0.05, 0) is 48.4 Å². The smallest absolute Gasteiger partial charge is 0.253 e. The maximum absolute atomic E-state index is 12.8. The second-order valence-electron chi connectivity index (χ2n) is 6.45. The average molecular weight is 359 g/mol. The van der Waals surface area contributed by atoms with Crippen LogP contribution in [0.1, 0.15) is 34.2 Å². The molecule has 3 heterocycles. The second-order valence-corrected chi connectivity index (χ2v) is 7.43. The van der Waals surface area contributed by atoms with E-state index >= 15 is 0 Å². The number of ether oxygens (including phenoxy) is 2. The van der Waals surface area contributed by atoms with E-state index in [0.717, 1.165) is 17.7 Å². The normalized spacial score (nSPS) is 18.8. The Kier molecular flexibility index (Phi) is 4.63. The van der Waals surface area contributed by atoms with E-state index in [0.29, 0.717) is 43.4 Å². The number of amides is 1. The van der Waals surface area contributed by atoms with Crippen LogP contribution in [-0.4, -0.2) is 42.2 Å². The third-order valence-electron chi connectivity index (χ3n) is 4.90. The molecule has 1 aromatic heterocycles. The standard InChI is InChI=1S/C19H21NO4S/c21-18(17-2-1-11-25-17)13-5-7-20(8-6-13)19(22)14-3-4-15-16(12-14)24-10-9-23-15/h1-4,11-13,18,21H,5-10H2. The van der Waals surface area contributed by atoms with E-state index in [-0.39, 0.29) is 11.8 Å². The first-order valence-electron chi connectivity index (χ1n) is 8.63. The number of aliphatic hydroxyl groups is 1. The SMILES string of the molecule is O=C(c1ccc2c(c1)OCCO2)N1CCC(C(O)c2cccs2)CC1. The Hall–Kier alpha value is -2.05. The van der Waals surface area contributed by atoms with Gasteiger partial charge in [0.1, 0.15) is 13.2 Å². The van der Waals surface area contributed by atoms with Crippen LogP contribution in [-0.2, 0) is 0 Å². The molecule has 0 bridgehead atoms. The molecule has 1 aromatic carbocycles. The van der Waals surface area contributed by atoms with E-state index in [4.69, 9.17) is 9.47 Å². The van der Waals surface area contributed by atoms with Crippen LogP contribution in [0.15, 0.2) is 35.7 Å². The van der Waals surface area contributed by atoms with Crippen molar-refractivity contribution in [3.63, 3.8) is 0 Å². The maximum atomic E-state index is 12.8. The molecule has 2 aliphatic rings. The minimum Gasteiger partial charge on any atom is -0.486 e. The molecule has 1 unspecified atom stereocenters. The predicted molar refractivity (Wildman–Crippen MR) is 95.3 cm³/mol. The van der Waals surface area contributed by atoms with E-state index < -0.39 is 6.10 Å². The first-order chi connectivity index (χ1) is 12.2. The lowest BCUT2D eigenvalue weighted by Gasteiger charge is -2.34. The Morgan fingerprint density at radius 2 is 1.92 bits per heavy atom. The van der Waals surface area contributed by atoms with Crippen molar-refractivity contribution in [2.24, 2.45) is 5.92 Å². The molecule has 5 nitrogen and oxygen atoms in total. The van der Waals surface area contributed by atoms with Gasteiger partial charge in [-0.15, -0.1) is 11.3 Å². The fraction of sp³-hybridized carbons (Fsp3) is 0.421. The van der Waals surface area contributed by atoms with Crippen LogP contribution in [0.2, 0.25) is 0 Å². The quantitative estimate of drug-likeness (QED) is 0.915. The van der Waals surface area contributed by atoms with Gasteiger partial charge in [0.05, 0.1) is 6.10 Å². The number of hydrogen-bond donors (Lipinski definition) is 1. The van der Waals surface area contributed by atoms with Crippen LogP contribution in [0, 0.1) is 5.92 Å². The number of piperidine rings is 1. The summed E-state index contributed by atoms with van der Waals surface area (Å²) in [5, 5.41) is 12.5. The zero-order chi connectivity index (χ0) is 17.2. The number of aliphatic hydroxyl groups excluding tert-OH is 1.